The maximum absolute atomic E-state index is 5.36. The van der Waals surface area contributed by atoms with Crippen LogP contribution in [0.3, 0.4) is 0 Å². The molecule has 112 valence electrons. The van der Waals surface area contributed by atoms with Gasteiger partial charge in [0.2, 0.25) is 0 Å². The number of hydrogen-bond donors (Lipinski definition) is 0. The van der Waals surface area contributed by atoms with E-state index in [0.29, 0.717) is 0 Å². The fourth-order valence-electron chi connectivity index (χ4n) is 2.21. The van der Waals surface area contributed by atoms with Crippen molar-refractivity contribution in [2.75, 3.05) is 30.4 Å². The summed E-state index contributed by atoms with van der Waals surface area (Å²) < 4.78 is 5.36. The van der Waals surface area contributed by atoms with E-state index in [2.05, 4.69) is 66.4 Å². The minimum absolute atomic E-state index is 0.794. The molecule has 2 aromatic rings. The normalized spacial score (nSPS) is 10.6. The molecule has 0 unspecified atom stereocenters. The molecule has 21 heavy (non-hydrogen) atoms. The average molecular weight is 301 g/mol. The van der Waals surface area contributed by atoms with Gasteiger partial charge in [-0.15, -0.1) is 11.8 Å². The third-order valence-corrected chi connectivity index (χ3v) is 4.21. The van der Waals surface area contributed by atoms with Crippen LogP contribution in [0, 0.1) is 0 Å². The lowest BCUT2D eigenvalue weighted by Crippen LogP contribution is -2.15. The quantitative estimate of drug-likeness (QED) is 0.504. The molecule has 0 spiro atoms. The largest absolute Gasteiger partial charge is 0.381 e. The summed E-state index contributed by atoms with van der Waals surface area (Å²) in [7, 11) is 0. The van der Waals surface area contributed by atoms with E-state index in [-0.39, 0.29) is 0 Å². The summed E-state index contributed by atoms with van der Waals surface area (Å²) in [4.78, 5) is 3.61. The Morgan fingerprint density at radius 2 is 1.57 bits per heavy atom. The van der Waals surface area contributed by atoms with Crippen molar-refractivity contribution in [3.63, 3.8) is 0 Å². The Kier molecular flexibility index (Phi) is 6.64. The molecule has 0 heterocycles. The third-order valence-electron chi connectivity index (χ3n) is 3.23. The van der Waals surface area contributed by atoms with Crippen LogP contribution in [0.5, 0.6) is 0 Å². The minimum Gasteiger partial charge on any atom is -0.381 e. The second-order valence-corrected chi connectivity index (χ2v) is 5.79. The summed E-state index contributed by atoms with van der Waals surface area (Å²) in [6.45, 7) is 6.77. The van der Waals surface area contributed by atoms with Crippen molar-refractivity contribution in [3.05, 3.63) is 54.6 Å². The summed E-state index contributed by atoms with van der Waals surface area (Å²) in [6.07, 6.45) is 0. The predicted octanol–water partition coefficient (Wildman–Crippen LogP) is 4.97. The van der Waals surface area contributed by atoms with Crippen LogP contribution in [0.2, 0.25) is 0 Å². The van der Waals surface area contributed by atoms with Gasteiger partial charge in [0.15, 0.2) is 0 Å². The number of anilines is 2. The van der Waals surface area contributed by atoms with Crippen LogP contribution < -0.4 is 4.90 Å². The van der Waals surface area contributed by atoms with Crippen LogP contribution in [0.25, 0.3) is 0 Å². The number of benzene rings is 2. The van der Waals surface area contributed by atoms with Gasteiger partial charge in [-0.2, -0.15) is 0 Å². The molecule has 0 radical (unpaired) electrons. The van der Waals surface area contributed by atoms with Crippen molar-refractivity contribution < 1.29 is 4.74 Å². The van der Waals surface area contributed by atoms with Gasteiger partial charge in [-0.05, 0) is 50.2 Å². The second kappa shape index (κ2) is 8.75. The fraction of sp³-hybridized carbons (Fsp3) is 0.333. The summed E-state index contributed by atoms with van der Waals surface area (Å²) in [5, 5.41) is 0. The van der Waals surface area contributed by atoms with Gasteiger partial charge < -0.3 is 9.64 Å². The zero-order chi connectivity index (χ0) is 14.9. The molecule has 3 heteroatoms. The zero-order valence-electron chi connectivity index (χ0n) is 12.8. The number of nitrogens with zero attached hydrogens (tertiary/aromatic N) is 1. The van der Waals surface area contributed by atoms with Gasteiger partial charge in [0.05, 0.1) is 6.61 Å². The zero-order valence-corrected chi connectivity index (χ0v) is 13.6. The highest BCUT2D eigenvalue weighted by Crippen LogP contribution is 2.27. The van der Waals surface area contributed by atoms with E-state index in [4.69, 9.17) is 4.74 Å². The van der Waals surface area contributed by atoms with E-state index < -0.39 is 0 Å². The van der Waals surface area contributed by atoms with Crippen LogP contribution in [0.15, 0.2) is 59.5 Å². The highest BCUT2D eigenvalue weighted by molar-refractivity contribution is 7.99. The van der Waals surface area contributed by atoms with Crippen LogP contribution >= 0.6 is 11.8 Å². The molecule has 0 fully saturated rings. The Balaban J connectivity index is 2.00. The van der Waals surface area contributed by atoms with Crippen LogP contribution in [-0.4, -0.2) is 25.5 Å². The second-order valence-electron chi connectivity index (χ2n) is 4.62. The number of para-hydroxylation sites is 1. The molecule has 2 rings (SSSR count). The first-order valence-corrected chi connectivity index (χ1v) is 8.47. The minimum atomic E-state index is 0.794. The summed E-state index contributed by atoms with van der Waals surface area (Å²) in [5.41, 5.74) is 2.47. The Bertz CT molecular complexity index is 513. The number of hydrogen-bond acceptors (Lipinski definition) is 3. The lowest BCUT2D eigenvalue weighted by Gasteiger charge is -2.23. The summed E-state index contributed by atoms with van der Waals surface area (Å²) >= 11 is 1.84. The molecule has 0 N–H and O–H groups in total. The predicted molar refractivity (Wildman–Crippen MR) is 92.8 cm³/mol. The van der Waals surface area contributed by atoms with Crippen molar-refractivity contribution in [1.82, 2.24) is 0 Å². The summed E-state index contributed by atoms with van der Waals surface area (Å²) in [5.74, 6) is 1.00. The molecule has 2 nitrogen and oxygen atoms in total. The Hall–Kier alpha value is -1.45. The topological polar surface area (TPSA) is 12.5 Å². The van der Waals surface area contributed by atoms with E-state index in [0.717, 1.165) is 25.5 Å². The van der Waals surface area contributed by atoms with E-state index in [9.17, 15) is 0 Å². The first kappa shape index (κ1) is 15.9. The van der Waals surface area contributed by atoms with Crippen molar-refractivity contribution in [1.29, 1.82) is 0 Å². The standard InChI is InChI=1S/C18H23NOS/c1-3-19(16-8-6-5-7-9-16)17-10-12-18(13-11-17)21-15-14-20-4-2/h5-13H,3-4,14-15H2,1-2H3. The number of rotatable bonds is 8. The van der Waals surface area contributed by atoms with Gasteiger partial charge in [0.1, 0.15) is 0 Å². The Morgan fingerprint density at radius 3 is 2.19 bits per heavy atom. The van der Waals surface area contributed by atoms with Crippen molar-refractivity contribution in [2.45, 2.75) is 18.7 Å². The molecule has 2 aromatic carbocycles. The van der Waals surface area contributed by atoms with Crippen molar-refractivity contribution in [2.24, 2.45) is 0 Å². The molecule has 0 bridgehead atoms. The first-order chi connectivity index (χ1) is 10.3. The van der Waals surface area contributed by atoms with Crippen molar-refractivity contribution >= 4 is 23.1 Å². The van der Waals surface area contributed by atoms with E-state index in [1.807, 2.05) is 18.7 Å². The Morgan fingerprint density at radius 1 is 0.905 bits per heavy atom. The van der Waals surface area contributed by atoms with E-state index in [1.54, 1.807) is 0 Å². The number of ether oxygens (including phenoxy) is 1. The molecular formula is C18H23NOS. The van der Waals surface area contributed by atoms with Gasteiger partial charge in [-0.3, -0.25) is 0 Å². The van der Waals surface area contributed by atoms with Gasteiger partial charge in [-0.1, -0.05) is 18.2 Å². The molecule has 0 atom stereocenters. The fourth-order valence-corrected chi connectivity index (χ4v) is 2.97. The molecular weight excluding hydrogens is 278 g/mol. The molecule has 0 amide bonds. The SMILES string of the molecule is CCOCCSc1ccc(N(CC)c2ccccc2)cc1. The van der Waals surface area contributed by atoms with Crippen LogP contribution in [-0.2, 0) is 4.74 Å². The van der Waals surface area contributed by atoms with E-state index >= 15 is 0 Å². The van der Waals surface area contributed by atoms with Crippen molar-refractivity contribution in [3.8, 4) is 0 Å². The van der Waals surface area contributed by atoms with Crippen LogP contribution in [0.1, 0.15) is 13.8 Å². The highest BCUT2D eigenvalue weighted by atomic mass is 32.2. The lowest BCUT2D eigenvalue weighted by atomic mass is 10.2. The van der Waals surface area contributed by atoms with Gasteiger partial charge >= 0.3 is 0 Å². The maximum atomic E-state index is 5.36. The van der Waals surface area contributed by atoms with Gasteiger partial charge in [0.25, 0.3) is 0 Å². The average Bonchev–Trinajstić information content (AvgIpc) is 2.55. The molecule has 0 saturated heterocycles. The maximum Gasteiger partial charge on any atom is 0.0560 e. The monoisotopic (exact) mass is 301 g/mol. The lowest BCUT2D eigenvalue weighted by molar-refractivity contribution is 0.164. The first-order valence-electron chi connectivity index (χ1n) is 7.48. The van der Waals surface area contributed by atoms with E-state index in [1.165, 1.54) is 16.3 Å². The third kappa shape index (κ3) is 4.80. The van der Waals surface area contributed by atoms with Gasteiger partial charge in [-0.25, -0.2) is 0 Å². The Labute approximate surface area is 132 Å². The molecule has 0 aliphatic carbocycles. The van der Waals surface area contributed by atoms with Gasteiger partial charge in [0, 0.05) is 35.2 Å². The highest BCUT2D eigenvalue weighted by Gasteiger charge is 2.06. The molecule has 0 aliphatic heterocycles. The summed E-state index contributed by atoms with van der Waals surface area (Å²) in [6, 6.07) is 19.3. The molecule has 0 saturated carbocycles. The molecule has 0 aliphatic rings. The smallest absolute Gasteiger partial charge is 0.0560 e. The van der Waals surface area contributed by atoms with Crippen LogP contribution in [0.4, 0.5) is 11.4 Å². The number of thioether (sulfide) groups is 1. The molecule has 0 aromatic heterocycles.